The summed E-state index contributed by atoms with van der Waals surface area (Å²) in [5.74, 6) is -0.910. The molecule has 1 aromatic rings. The van der Waals surface area contributed by atoms with E-state index in [1.807, 2.05) is 0 Å². The lowest BCUT2D eigenvalue weighted by atomic mass is 10.4. The number of hydrogen-bond acceptors (Lipinski definition) is 4. The highest BCUT2D eigenvalue weighted by Gasteiger charge is 2.09. The minimum atomic E-state index is -1.14. The lowest BCUT2D eigenvalue weighted by Crippen LogP contribution is -2.36. The summed E-state index contributed by atoms with van der Waals surface area (Å²) < 4.78 is 9.71. The van der Waals surface area contributed by atoms with Gasteiger partial charge in [-0.3, -0.25) is 0 Å². The average molecular weight is 242 g/mol. The van der Waals surface area contributed by atoms with E-state index in [2.05, 4.69) is 10.6 Å². The molecular weight excluding hydrogens is 228 g/mol. The fourth-order valence-corrected chi connectivity index (χ4v) is 1.08. The molecule has 3 N–H and O–H groups in total. The van der Waals surface area contributed by atoms with Gasteiger partial charge in [-0.15, -0.1) is 0 Å². The van der Waals surface area contributed by atoms with Crippen molar-refractivity contribution in [3.63, 3.8) is 0 Å². The van der Waals surface area contributed by atoms with Crippen molar-refractivity contribution in [2.45, 2.75) is 6.54 Å². The van der Waals surface area contributed by atoms with Gasteiger partial charge in [-0.25, -0.2) is 9.59 Å². The first kappa shape index (κ1) is 13.0. The van der Waals surface area contributed by atoms with Gasteiger partial charge in [-0.1, -0.05) is 0 Å². The second kappa shape index (κ2) is 6.54. The van der Waals surface area contributed by atoms with Crippen LogP contribution in [0.5, 0.6) is 0 Å². The Morgan fingerprint density at radius 2 is 2.18 bits per heavy atom. The van der Waals surface area contributed by atoms with E-state index in [0.29, 0.717) is 18.9 Å². The molecule has 2 amide bonds. The minimum absolute atomic E-state index is 0.131. The summed E-state index contributed by atoms with van der Waals surface area (Å²) in [4.78, 5) is 21.7. The molecular formula is C10H14N2O5. The third kappa shape index (κ3) is 4.56. The first-order valence-electron chi connectivity index (χ1n) is 4.96. The Morgan fingerprint density at radius 1 is 1.41 bits per heavy atom. The van der Waals surface area contributed by atoms with E-state index in [1.165, 1.54) is 19.2 Å². The average Bonchev–Trinajstić information content (AvgIpc) is 2.75. The van der Waals surface area contributed by atoms with Gasteiger partial charge < -0.3 is 24.9 Å². The molecule has 7 nitrogen and oxygen atoms in total. The molecule has 0 unspecified atom stereocenters. The number of furan rings is 1. The van der Waals surface area contributed by atoms with Gasteiger partial charge in [-0.2, -0.15) is 0 Å². The number of urea groups is 1. The van der Waals surface area contributed by atoms with Crippen LogP contribution in [-0.4, -0.2) is 37.4 Å². The number of nitrogens with one attached hydrogen (secondary N) is 2. The fourth-order valence-electron chi connectivity index (χ4n) is 1.08. The van der Waals surface area contributed by atoms with E-state index in [-0.39, 0.29) is 18.3 Å². The van der Waals surface area contributed by atoms with Gasteiger partial charge in [0.1, 0.15) is 5.76 Å². The number of hydrogen-bond donors (Lipinski definition) is 3. The van der Waals surface area contributed by atoms with Crippen LogP contribution in [0.15, 0.2) is 16.5 Å². The molecule has 0 spiro atoms. The Balaban J connectivity index is 2.29. The summed E-state index contributed by atoms with van der Waals surface area (Å²) in [6.45, 7) is 0.963. The molecule has 7 heteroatoms. The van der Waals surface area contributed by atoms with E-state index >= 15 is 0 Å². The van der Waals surface area contributed by atoms with Gasteiger partial charge in [0.2, 0.25) is 5.76 Å². The van der Waals surface area contributed by atoms with Gasteiger partial charge in [0.05, 0.1) is 13.2 Å². The standard InChI is InChI=1S/C10H14N2O5/c1-16-5-4-11-10(15)12-6-7-2-3-8(17-7)9(13)14/h2-3H,4-6H2,1H3,(H,13,14)(H2,11,12,15). The van der Waals surface area contributed by atoms with Crippen LogP contribution in [0.4, 0.5) is 4.79 Å². The van der Waals surface area contributed by atoms with Crippen molar-refractivity contribution >= 4 is 12.0 Å². The van der Waals surface area contributed by atoms with E-state index in [1.54, 1.807) is 0 Å². The molecule has 0 atom stereocenters. The van der Waals surface area contributed by atoms with Crippen molar-refractivity contribution in [2.75, 3.05) is 20.3 Å². The van der Waals surface area contributed by atoms with Crippen LogP contribution in [0.2, 0.25) is 0 Å². The Kier molecular flexibility index (Phi) is 5.02. The Bertz CT molecular complexity index is 388. The van der Waals surface area contributed by atoms with Gasteiger partial charge in [0.15, 0.2) is 0 Å². The largest absolute Gasteiger partial charge is 0.475 e. The molecule has 0 saturated carbocycles. The highest BCUT2D eigenvalue weighted by molar-refractivity contribution is 5.84. The molecule has 0 aromatic carbocycles. The molecule has 1 rings (SSSR count). The highest BCUT2D eigenvalue weighted by Crippen LogP contribution is 2.07. The predicted molar refractivity (Wildman–Crippen MR) is 57.8 cm³/mol. The zero-order chi connectivity index (χ0) is 12.7. The predicted octanol–water partition coefficient (Wildman–Crippen LogP) is 0.423. The quantitative estimate of drug-likeness (QED) is 0.628. The van der Waals surface area contributed by atoms with Crippen LogP contribution in [0.3, 0.4) is 0 Å². The van der Waals surface area contributed by atoms with Gasteiger partial charge in [0, 0.05) is 13.7 Å². The van der Waals surface area contributed by atoms with Gasteiger partial charge in [-0.05, 0) is 12.1 Å². The molecule has 0 fully saturated rings. The molecule has 0 radical (unpaired) electrons. The number of carbonyl (C=O) groups excluding carboxylic acids is 1. The van der Waals surface area contributed by atoms with Crippen LogP contribution < -0.4 is 10.6 Å². The van der Waals surface area contributed by atoms with E-state index in [0.717, 1.165) is 0 Å². The zero-order valence-corrected chi connectivity index (χ0v) is 9.36. The van der Waals surface area contributed by atoms with Crippen LogP contribution in [0, 0.1) is 0 Å². The van der Waals surface area contributed by atoms with Crippen LogP contribution >= 0.6 is 0 Å². The smallest absolute Gasteiger partial charge is 0.371 e. The topological polar surface area (TPSA) is 101 Å². The van der Waals surface area contributed by atoms with E-state index in [9.17, 15) is 9.59 Å². The Labute approximate surface area is 97.7 Å². The molecule has 17 heavy (non-hydrogen) atoms. The maximum atomic E-state index is 11.2. The molecule has 0 aliphatic heterocycles. The summed E-state index contributed by atoms with van der Waals surface area (Å²) in [6, 6.07) is 2.47. The first-order valence-corrected chi connectivity index (χ1v) is 4.96. The van der Waals surface area contributed by atoms with Crippen molar-refractivity contribution in [3.8, 4) is 0 Å². The number of ether oxygens (including phenoxy) is 1. The van der Waals surface area contributed by atoms with Crippen molar-refractivity contribution in [1.29, 1.82) is 0 Å². The third-order valence-electron chi connectivity index (χ3n) is 1.89. The van der Waals surface area contributed by atoms with Crippen molar-refractivity contribution in [2.24, 2.45) is 0 Å². The molecule has 0 saturated heterocycles. The van der Waals surface area contributed by atoms with Crippen molar-refractivity contribution < 1.29 is 23.8 Å². The number of carbonyl (C=O) groups is 2. The number of carboxylic acids is 1. The minimum Gasteiger partial charge on any atom is -0.475 e. The number of aromatic carboxylic acids is 1. The summed E-state index contributed by atoms with van der Waals surface area (Å²) in [6.07, 6.45) is 0. The van der Waals surface area contributed by atoms with E-state index in [4.69, 9.17) is 14.3 Å². The maximum Gasteiger partial charge on any atom is 0.371 e. The zero-order valence-electron chi connectivity index (χ0n) is 9.36. The van der Waals surface area contributed by atoms with Crippen LogP contribution in [-0.2, 0) is 11.3 Å². The normalized spacial score (nSPS) is 9.94. The second-order valence-corrected chi connectivity index (χ2v) is 3.17. The van der Waals surface area contributed by atoms with Crippen molar-refractivity contribution in [3.05, 3.63) is 23.7 Å². The number of methoxy groups -OCH3 is 1. The Morgan fingerprint density at radius 3 is 2.76 bits per heavy atom. The summed E-state index contributed by atoms with van der Waals surface area (Å²) in [5, 5.41) is 13.7. The summed E-state index contributed by atoms with van der Waals surface area (Å²) in [5.41, 5.74) is 0. The fraction of sp³-hybridized carbons (Fsp3) is 0.400. The SMILES string of the molecule is COCCNC(=O)NCc1ccc(C(=O)O)o1. The molecule has 94 valence electrons. The van der Waals surface area contributed by atoms with Crippen LogP contribution in [0.1, 0.15) is 16.3 Å². The van der Waals surface area contributed by atoms with Gasteiger partial charge in [0.25, 0.3) is 0 Å². The lowest BCUT2D eigenvalue weighted by Gasteiger charge is -2.05. The highest BCUT2D eigenvalue weighted by atomic mass is 16.5. The molecule has 0 bridgehead atoms. The molecule has 1 heterocycles. The summed E-state index contributed by atoms with van der Waals surface area (Å²) >= 11 is 0. The van der Waals surface area contributed by atoms with Crippen LogP contribution in [0.25, 0.3) is 0 Å². The number of rotatable bonds is 6. The van der Waals surface area contributed by atoms with Crippen molar-refractivity contribution in [1.82, 2.24) is 10.6 Å². The third-order valence-corrected chi connectivity index (χ3v) is 1.89. The maximum absolute atomic E-state index is 11.2. The monoisotopic (exact) mass is 242 g/mol. The number of carboxylic acid groups (broad SMARTS) is 1. The Hall–Kier alpha value is -2.02. The number of amides is 2. The summed E-state index contributed by atoms with van der Waals surface area (Å²) in [7, 11) is 1.54. The first-order chi connectivity index (χ1) is 8.13. The second-order valence-electron chi connectivity index (χ2n) is 3.17. The molecule has 0 aliphatic carbocycles. The van der Waals surface area contributed by atoms with E-state index < -0.39 is 5.97 Å². The lowest BCUT2D eigenvalue weighted by molar-refractivity contribution is 0.0660. The molecule has 1 aromatic heterocycles. The molecule has 0 aliphatic rings. The van der Waals surface area contributed by atoms with Gasteiger partial charge >= 0.3 is 12.0 Å².